The lowest BCUT2D eigenvalue weighted by atomic mass is 10.1. The number of guanidine groups is 1. The van der Waals surface area contributed by atoms with Gasteiger partial charge in [-0.3, -0.25) is 4.99 Å². The molecule has 0 bridgehead atoms. The number of aliphatic imine (C=N–C) groups is 1. The Hall–Kier alpha value is -1.60. The minimum Gasteiger partial charge on any atom is -0.382 e. The average Bonchev–Trinajstić information content (AvgIpc) is 3.22. The van der Waals surface area contributed by atoms with Crippen molar-refractivity contribution in [3.8, 4) is 0 Å². The minimum atomic E-state index is 0.573. The fourth-order valence-electron chi connectivity index (χ4n) is 2.67. The smallest absolute Gasteiger partial charge is 0.193 e. The number of nitrogens with zero attached hydrogens (tertiary/aromatic N) is 4. The van der Waals surface area contributed by atoms with Crippen LogP contribution in [0.3, 0.4) is 0 Å². The van der Waals surface area contributed by atoms with Crippen LogP contribution >= 0.6 is 0 Å². The van der Waals surface area contributed by atoms with E-state index in [1.54, 1.807) is 13.3 Å². The summed E-state index contributed by atoms with van der Waals surface area (Å²) < 4.78 is 12.7. The topological polar surface area (TPSA) is 63.9 Å². The van der Waals surface area contributed by atoms with Gasteiger partial charge in [0.1, 0.15) is 0 Å². The number of hydrogen-bond donors (Lipinski definition) is 1. The molecule has 130 valence electrons. The molecule has 1 aromatic heterocycles. The van der Waals surface area contributed by atoms with Crippen molar-refractivity contribution in [1.29, 1.82) is 0 Å². The highest BCUT2D eigenvalue weighted by atomic mass is 16.5. The summed E-state index contributed by atoms with van der Waals surface area (Å²) in [5.74, 6) is 1.58. The Balaban J connectivity index is 1.76. The molecule has 1 aliphatic heterocycles. The molecule has 2 heterocycles. The molecule has 1 atom stereocenters. The van der Waals surface area contributed by atoms with Crippen molar-refractivity contribution >= 4 is 5.96 Å². The van der Waals surface area contributed by atoms with Gasteiger partial charge in [0.15, 0.2) is 5.96 Å². The molecule has 1 saturated heterocycles. The third-order valence-electron chi connectivity index (χ3n) is 3.88. The number of nitrogens with one attached hydrogen (secondary N) is 1. The predicted octanol–water partition coefficient (Wildman–Crippen LogP) is 0.834. The van der Waals surface area contributed by atoms with Gasteiger partial charge in [-0.05, 0) is 13.3 Å². The van der Waals surface area contributed by atoms with E-state index < -0.39 is 0 Å². The first kappa shape index (κ1) is 17.7. The second-order valence-corrected chi connectivity index (χ2v) is 5.70. The molecule has 1 aliphatic rings. The van der Waals surface area contributed by atoms with Crippen LogP contribution in [0, 0.1) is 5.92 Å². The van der Waals surface area contributed by atoms with Gasteiger partial charge in [-0.1, -0.05) is 0 Å². The lowest BCUT2D eigenvalue weighted by Gasteiger charge is -2.21. The summed E-state index contributed by atoms with van der Waals surface area (Å²) in [4.78, 5) is 11.1. The van der Waals surface area contributed by atoms with E-state index >= 15 is 0 Å². The summed E-state index contributed by atoms with van der Waals surface area (Å²) in [6.07, 6.45) is 6.74. The van der Waals surface area contributed by atoms with Crippen molar-refractivity contribution in [1.82, 2.24) is 19.8 Å². The molecule has 0 aromatic carbocycles. The maximum absolute atomic E-state index is 5.65. The van der Waals surface area contributed by atoms with Crippen LogP contribution in [-0.4, -0.2) is 73.5 Å². The molecule has 0 spiro atoms. The Morgan fingerprint density at radius 3 is 3.09 bits per heavy atom. The zero-order chi connectivity index (χ0) is 16.3. The normalized spacial score (nSPS) is 18.6. The molecule has 0 aliphatic carbocycles. The highest BCUT2D eigenvalue weighted by Gasteiger charge is 2.24. The molecular weight excluding hydrogens is 294 g/mol. The Morgan fingerprint density at radius 2 is 2.35 bits per heavy atom. The van der Waals surface area contributed by atoms with Crippen LogP contribution in [0.1, 0.15) is 13.3 Å². The molecule has 1 unspecified atom stereocenters. The molecule has 1 fully saturated rings. The molecule has 23 heavy (non-hydrogen) atoms. The van der Waals surface area contributed by atoms with E-state index in [-0.39, 0.29) is 0 Å². The van der Waals surface area contributed by atoms with Crippen LogP contribution < -0.4 is 5.32 Å². The lowest BCUT2D eigenvalue weighted by Crippen LogP contribution is -2.40. The number of aromatic nitrogens is 2. The van der Waals surface area contributed by atoms with Gasteiger partial charge < -0.3 is 24.3 Å². The molecule has 2 rings (SSSR count). The summed E-state index contributed by atoms with van der Waals surface area (Å²) in [5, 5.41) is 3.39. The van der Waals surface area contributed by atoms with Crippen LogP contribution in [0.2, 0.25) is 0 Å². The Morgan fingerprint density at radius 1 is 1.43 bits per heavy atom. The van der Waals surface area contributed by atoms with Crippen LogP contribution in [0.15, 0.2) is 23.7 Å². The Kier molecular flexibility index (Phi) is 7.89. The standard InChI is InChI=1S/C16H29N5O2/c1-3-18-16(19-6-9-20-8-5-17-14-20)21-7-4-15(12-21)13-23-11-10-22-2/h5,8,14-15H,3-4,6-7,9-13H2,1-2H3,(H,18,19). The number of hydrogen-bond acceptors (Lipinski definition) is 4. The van der Waals surface area contributed by atoms with E-state index in [4.69, 9.17) is 14.5 Å². The van der Waals surface area contributed by atoms with Gasteiger partial charge in [-0.15, -0.1) is 0 Å². The number of methoxy groups -OCH3 is 1. The molecular formula is C16H29N5O2. The van der Waals surface area contributed by atoms with E-state index in [0.29, 0.717) is 19.1 Å². The van der Waals surface area contributed by atoms with E-state index in [1.807, 2.05) is 17.1 Å². The monoisotopic (exact) mass is 323 g/mol. The first-order chi connectivity index (χ1) is 11.3. The van der Waals surface area contributed by atoms with Crippen LogP contribution in [0.5, 0.6) is 0 Å². The lowest BCUT2D eigenvalue weighted by molar-refractivity contribution is 0.0536. The van der Waals surface area contributed by atoms with Crippen LogP contribution in [0.4, 0.5) is 0 Å². The number of ether oxygens (including phenoxy) is 2. The molecule has 7 heteroatoms. The van der Waals surface area contributed by atoms with Crippen molar-refractivity contribution in [3.05, 3.63) is 18.7 Å². The largest absolute Gasteiger partial charge is 0.382 e. The number of likely N-dealkylation sites (tertiary alicyclic amines) is 1. The number of imidazole rings is 1. The van der Waals surface area contributed by atoms with Crippen molar-refractivity contribution in [2.24, 2.45) is 10.9 Å². The maximum Gasteiger partial charge on any atom is 0.193 e. The second kappa shape index (κ2) is 10.2. The number of rotatable bonds is 9. The van der Waals surface area contributed by atoms with Crippen LogP contribution in [0.25, 0.3) is 0 Å². The Labute approximate surface area is 138 Å². The molecule has 0 radical (unpaired) electrons. The van der Waals surface area contributed by atoms with Gasteiger partial charge in [0.05, 0.1) is 32.7 Å². The molecule has 0 amide bonds. The quantitative estimate of drug-likeness (QED) is 0.414. The first-order valence-electron chi connectivity index (χ1n) is 8.39. The van der Waals surface area contributed by atoms with Crippen molar-refractivity contribution in [2.75, 3.05) is 53.1 Å². The SMILES string of the molecule is CCNC(=NCCn1ccnc1)N1CCC(COCCOC)C1. The molecule has 1 aromatic rings. The molecule has 0 saturated carbocycles. The minimum absolute atomic E-state index is 0.573. The van der Waals surface area contributed by atoms with Crippen molar-refractivity contribution < 1.29 is 9.47 Å². The third kappa shape index (κ3) is 6.19. The molecule has 7 nitrogen and oxygen atoms in total. The molecule has 1 N–H and O–H groups in total. The van der Waals surface area contributed by atoms with Crippen LogP contribution in [-0.2, 0) is 16.0 Å². The highest BCUT2D eigenvalue weighted by Crippen LogP contribution is 2.16. The zero-order valence-corrected chi connectivity index (χ0v) is 14.3. The highest BCUT2D eigenvalue weighted by molar-refractivity contribution is 5.80. The van der Waals surface area contributed by atoms with Gasteiger partial charge in [-0.2, -0.15) is 0 Å². The van der Waals surface area contributed by atoms with Crippen molar-refractivity contribution in [2.45, 2.75) is 19.9 Å². The summed E-state index contributed by atoms with van der Waals surface area (Å²) >= 11 is 0. The summed E-state index contributed by atoms with van der Waals surface area (Å²) in [7, 11) is 1.70. The third-order valence-corrected chi connectivity index (χ3v) is 3.88. The van der Waals surface area contributed by atoms with E-state index in [9.17, 15) is 0 Å². The summed E-state index contributed by atoms with van der Waals surface area (Å²) in [5.41, 5.74) is 0. The second-order valence-electron chi connectivity index (χ2n) is 5.70. The van der Waals surface area contributed by atoms with E-state index in [0.717, 1.165) is 51.7 Å². The average molecular weight is 323 g/mol. The summed E-state index contributed by atoms with van der Waals surface area (Å²) in [6.45, 7) is 8.77. The fraction of sp³-hybridized carbons (Fsp3) is 0.750. The van der Waals surface area contributed by atoms with E-state index in [1.165, 1.54) is 0 Å². The van der Waals surface area contributed by atoms with Crippen molar-refractivity contribution in [3.63, 3.8) is 0 Å². The zero-order valence-electron chi connectivity index (χ0n) is 14.3. The first-order valence-corrected chi connectivity index (χ1v) is 8.39. The Bertz CT molecular complexity index is 449. The van der Waals surface area contributed by atoms with Gasteiger partial charge in [0, 0.05) is 51.6 Å². The predicted molar refractivity (Wildman–Crippen MR) is 90.6 cm³/mol. The van der Waals surface area contributed by atoms with Gasteiger partial charge >= 0.3 is 0 Å². The fourth-order valence-corrected chi connectivity index (χ4v) is 2.67. The van der Waals surface area contributed by atoms with Gasteiger partial charge in [-0.25, -0.2) is 4.98 Å². The maximum atomic E-state index is 5.65. The van der Waals surface area contributed by atoms with Gasteiger partial charge in [0.2, 0.25) is 0 Å². The van der Waals surface area contributed by atoms with Gasteiger partial charge in [0.25, 0.3) is 0 Å². The van der Waals surface area contributed by atoms with E-state index in [2.05, 4.69) is 22.1 Å². The summed E-state index contributed by atoms with van der Waals surface area (Å²) in [6, 6.07) is 0.